The summed E-state index contributed by atoms with van der Waals surface area (Å²) in [6.45, 7) is 8.52. The Morgan fingerprint density at radius 1 is 1.06 bits per heavy atom. The van der Waals surface area contributed by atoms with Crippen LogP contribution in [0.2, 0.25) is 0 Å². The average molecular weight is 227 g/mol. The maximum Gasteiger partial charge on any atom is 0.0117 e. The highest BCUT2D eigenvalue weighted by atomic mass is 15.2. The summed E-state index contributed by atoms with van der Waals surface area (Å²) in [5.41, 5.74) is 0. The molecule has 16 heavy (non-hydrogen) atoms. The molecule has 1 aliphatic rings. The summed E-state index contributed by atoms with van der Waals surface area (Å²) < 4.78 is 0. The second-order valence-electron chi connectivity index (χ2n) is 5.36. The number of rotatable bonds is 6. The summed E-state index contributed by atoms with van der Waals surface area (Å²) in [6, 6.07) is 0.813. The van der Waals surface area contributed by atoms with Crippen LogP contribution in [0.15, 0.2) is 0 Å². The highest BCUT2D eigenvalue weighted by Crippen LogP contribution is 2.15. The van der Waals surface area contributed by atoms with Crippen LogP contribution < -0.4 is 0 Å². The Morgan fingerprint density at radius 2 is 1.69 bits per heavy atom. The first-order chi connectivity index (χ1) is 7.63. The molecule has 0 saturated carbocycles. The van der Waals surface area contributed by atoms with Crippen LogP contribution in [-0.2, 0) is 0 Å². The lowest BCUT2D eigenvalue weighted by atomic mass is 10.0. The molecule has 1 saturated heterocycles. The minimum absolute atomic E-state index is 0.813. The van der Waals surface area contributed by atoms with Gasteiger partial charge in [0.25, 0.3) is 0 Å². The topological polar surface area (TPSA) is 9.72 Å². The van der Waals surface area contributed by atoms with Crippen molar-refractivity contribution >= 4 is 0 Å². The maximum absolute atomic E-state index is 2.61. The molecular weight excluding hydrogens is 198 g/mol. The first kappa shape index (κ1) is 13.9. The third-order valence-electron chi connectivity index (χ3n) is 3.62. The molecular formula is C13H29N3. The first-order valence-electron chi connectivity index (χ1n) is 6.70. The fourth-order valence-corrected chi connectivity index (χ4v) is 2.44. The number of nitrogens with zero attached hydrogens (tertiary/aromatic N) is 3. The molecule has 1 heterocycles. The largest absolute Gasteiger partial charge is 0.308 e. The van der Waals surface area contributed by atoms with Gasteiger partial charge in [0, 0.05) is 19.1 Å². The maximum atomic E-state index is 2.61. The lowest BCUT2D eigenvalue weighted by Gasteiger charge is -2.37. The van der Waals surface area contributed by atoms with Crippen LogP contribution in [0.3, 0.4) is 0 Å². The van der Waals surface area contributed by atoms with Gasteiger partial charge in [0.2, 0.25) is 0 Å². The number of likely N-dealkylation sites (tertiary alicyclic amines) is 1. The molecule has 3 heteroatoms. The van der Waals surface area contributed by atoms with Crippen LogP contribution in [0.5, 0.6) is 0 Å². The Bertz CT molecular complexity index is 174. The third kappa shape index (κ3) is 4.81. The summed E-state index contributed by atoms with van der Waals surface area (Å²) in [6.07, 6.45) is 4.00. The standard InChI is InChI=1S/C13H29N3/c1-5-8-16-9-6-13(7-10-16)15(4)12-11-14(2)3/h13H,5-12H2,1-4H3. The number of piperidine rings is 1. The van der Waals surface area contributed by atoms with Crippen molar-refractivity contribution in [2.24, 2.45) is 0 Å². The van der Waals surface area contributed by atoms with Gasteiger partial charge in [0.1, 0.15) is 0 Å². The molecule has 0 radical (unpaired) electrons. The predicted molar refractivity (Wildman–Crippen MR) is 70.9 cm³/mol. The van der Waals surface area contributed by atoms with Crippen LogP contribution in [0.25, 0.3) is 0 Å². The van der Waals surface area contributed by atoms with Crippen LogP contribution in [0.1, 0.15) is 26.2 Å². The van der Waals surface area contributed by atoms with E-state index >= 15 is 0 Å². The quantitative estimate of drug-likeness (QED) is 0.678. The Balaban J connectivity index is 2.19. The molecule has 0 aromatic rings. The Hall–Kier alpha value is -0.120. The zero-order valence-electron chi connectivity index (χ0n) is 11.6. The molecule has 0 atom stereocenters. The molecule has 96 valence electrons. The molecule has 0 bridgehead atoms. The molecule has 0 N–H and O–H groups in total. The van der Waals surface area contributed by atoms with E-state index in [1.54, 1.807) is 0 Å². The minimum Gasteiger partial charge on any atom is -0.308 e. The molecule has 3 nitrogen and oxygen atoms in total. The zero-order chi connectivity index (χ0) is 12.0. The van der Waals surface area contributed by atoms with Gasteiger partial charge in [0.05, 0.1) is 0 Å². The predicted octanol–water partition coefficient (Wildman–Crippen LogP) is 1.35. The third-order valence-corrected chi connectivity index (χ3v) is 3.62. The van der Waals surface area contributed by atoms with Crippen molar-refractivity contribution < 1.29 is 0 Å². The number of likely N-dealkylation sites (N-methyl/N-ethyl adjacent to an activating group) is 2. The second-order valence-corrected chi connectivity index (χ2v) is 5.36. The van der Waals surface area contributed by atoms with E-state index in [9.17, 15) is 0 Å². The summed E-state index contributed by atoms with van der Waals surface area (Å²) in [5.74, 6) is 0. The normalized spacial score (nSPS) is 19.9. The van der Waals surface area contributed by atoms with Crippen molar-refractivity contribution in [3.63, 3.8) is 0 Å². The Labute approximate surface area is 101 Å². The fourth-order valence-electron chi connectivity index (χ4n) is 2.44. The van der Waals surface area contributed by atoms with Crippen LogP contribution >= 0.6 is 0 Å². The molecule has 0 aromatic heterocycles. The van der Waals surface area contributed by atoms with Gasteiger partial charge in [0.15, 0.2) is 0 Å². The lowest BCUT2D eigenvalue weighted by Crippen LogP contribution is -2.45. The summed E-state index contributed by atoms with van der Waals surface area (Å²) in [7, 11) is 6.58. The van der Waals surface area contributed by atoms with Gasteiger partial charge in [-0.1, -0.05) is 6.92 Å². The van der Waals surface area contributed by atoms with E-state index in [1.165, 1.54) is 52.0 Å². The molecule has 1 aliphatic heterocycles. The van der Waals surface area contributed by atoms with E-state index in [-0.39, 0.29) is 0 Å². The van der Waals surface area contributed by atoms with Crippen molar-refractivity contribution in [3.05, 3.63) is 0 Å². The molecule has 0 aliphatic carbocycles. The summed E-state index contributed by atoms with van der Waals surface area (Å²) >= 11 is 0. The monoisotopic (exact) mass is 227 g/mol. The summed E-state index contributed by atoms with van der Waals surface area (Å²) in [4.78, 5) is 7.42. The van der Waals surface area contributed by atoms with E-state index in [2.05, 4.69) is 42.8 Å². The van der Waals surface area contributed by atoms with Crippen molar-refractivity contribution in [2.45, 2.75) is 32.2 Å². The number of hydrogen-bond acceptors (Lipinski definition) is 3. The molecule has 1 rings (SSSR count). The Kier molecular flexibility index (Phi) is 6.32. The molecule has 0 spiro atoms. The van der Waals surface area contributed by atoms with Crippen LogP contribution in [0, 0.1) is 0 Å². The fraction of sp³-hybridized carbons (Fsp3) is 1.00. The van der Waals surface area contributed by atoms with E-state index in [0.29, 0.717) is 0 Å². The van der Waals surface area contributed by atoms with Crippen LogP contribution in [0.4, 0.5) is 0 Å². The van der Waals surface area contributed by atoms with Gasteiger partial charge in [-0.2, -0.15) is 0 Å². The SMILES string of the molecule is CCCN1CCC(N(C)CCN(C)C)CC1. The number of hydrogen-bond donors (Lipinski definition) is 0. The lowest BCUT2D eigenvalue weighted by molar-refractivity contribution is 0.122. The van der Waals surface area contributed by atoms with Crippen molar-refractivity contribution in [3.8, 4) is 0 Å². The smallest absolute Gasteiger partial charge is 0.0117 e. The van der Waals surface area contributed by atoms with E-state index in [0.717, 1.165) is 6.04 Å². The highest BCUT2D eigenvalue weighted by molar-refractivity contribution is 4.78. The average Bonchev–Trinajstić information content (AvgIpc) is 2.27. The van der Waals surface area contributed by atoms with Crippen LogP contribution in [-0.4, -0.2) is 74.6 Å². The Morgan fingerprint density at radius 3 is 2.19 bits per heavy atom. The van der Waals surface area contributed by atoms with Gasteiger partial charge in [-0.15, -0.1) is 0 Å². The molecule has 1 fully saturated rings. The first-order valence-corrected chi connectivity index (χ1v) is 6.70. The highest BCUT2D eigenvalue weighted by Gasteiger charge is 2.21. The molecule has 0 unspecified atom stereocenters. The van der Waals surface area contributed by atoms with Gasteiger partial charge in [-0.3, -0.25) is 0 Å². The summed E-state index contributed by atoms with van der Waals surface area (Å²) in [5, 5.41) is 0. The van der Waals surface area contributed by atoms with E-state index in [1.807, 2.05) is 0 Å². The van der Waals surface area contributed by atoms with E-state index in [4.69, 9.17) is 0 Å². The second kappa shape index (κ2) is 7.25. The molecule has 0 amide bonds. The van der Waals surface area contributed by atoms with Gasteiger partial charge in [-0.05, 0) is 60.0 Å². The van der Waals surface area contributed by atoms with Crippen molar-refractivity contribution in [1.82, 2.24) is 14.7 Å². The van der Waals surface area contributed by atoms with Crippen molar-refractivity contribution in [1.29, 1.82) is 0 Å². The van der Waals surface area contributed by atoms with E-state index < -0.39 is 0 Å². The van der Waals surface area contributed by atoms with Gasteiger partial charge >= 0.3 is 0 Å². The van der Waals surface area contributed by atoms with Gasteiger partial charge in [-0.25, -0.2) is 0 Å². The van der Waals surface area contributed by atoms with Gasteiger partial charge < -0.3 is 14.7 Å². The van der Waals surface area contributed by atoms with Crippen molar-refractivity contribution in [2.75, 3.05) is 53.9 Å². The minimum atomic E-state index is 0.813. The molecule has 0 aromatic carbocycles. The zero-order valence-corrected chi connectivity index (χ0v) is 11.6.